The Bertz CT molecular complexity index is 10800. The van der Waals surface area contributed by atoms with Gasteiger partial charge in [0.1, 0.15) is 44.7 Å². The van der Waals surface area contributed by atoms with Crippen molar-refractivity contribution in [2.45, 2.75) is 0 Å². The maximum atomic E-state index is 6.57. The molecular formula is C136H84N4O4S4. The zero-order valence-electron chi connectivity index (χ0n) is 79.6. The third-order valence-corrected chi connectivity index (χ3v) is 33.4. The predicted molar refractivity (Wildman–Crippen MR) is 635 cm³/mol. The van der Waals surface area contributed by atoms with Crippen molar-refractivity contribution in [3.05, 3.63) is 510 Å². The van der Waals surface area contributed by atoms with Crippen LogP contribution in [0.4, 0.5) is 68.2 Å². The number of nitrogens with zero attached hydrogens (tertiary/aromatic N) is 4. The first kappa shape index (κ1) is 86.3. The van der Waals surface area contributed by atoms with Gasteiger partial charge in [-0.15, -0.1) is 45.3 Å². The number of hydrogen-bond donors (Lipinski definition) is 0. The minimum absolute atomic E-state index is 0.924. The number of thiophene rings is 4. The monoisotopic (exact) mass is 1960 g/mol. The summed E-state index contributed by atoms with van der Waals surface area (Å²) in [6, 6.07) is 181. The third kappa shape index (κ3) is 14.5. The molecule has 0 N–H and O–H groups in total. The first-order valence-electron chi connectivity index (χ1n) is 49.8. The average Bonchev–Trinajstić information content (AvgIpc) is 1.57. The zero-order valence-corrected chi connectivity index (χ0v) is 82.8. The Labute approximate surface area is 864 Å². The van der Waals surface area contributed by atoms with Gasteiger partial charge in [0.2, 0.25) is 0 Å². The van der Waals surface area contributed by atoms with E-state index in [2.05, 4.69) is 505 Å². The molecule has 8 nitrogen and oxygen atoms in total. The van der Waals surface area contributed by atoms with Crippen molar-refractivity contribution < 1.29 is 17.7 Å². The summed E-state index contributed by atoms with van der Waals surface area (Å²) in [7, 11) is 0. The minimum atomic E-state index is 0.924. The Kier molecular flexibility index (Phi) is 20.9. The molecule has 0 unspecified atom stereocenters. The second-order valence-electron chi connectivity index (χ2n) is 37.4. The van der Waals surface area contributed by atoms with Gasteiger partial charge in [-0.1, -0.05) is 297 Å². The third-order valence-electron chi connectivity index (χ3n) is 29.0. The van der Waals surface area contributed by atoms with Gasteiger partial charge in [-0.25, -0.2) is 0 Å². The van der Waals surface area contributed by atoms with Gasteiger partial charge in [-0.2, -0.15) is 0 Å². The van der Waals surface area contributed by atoms with Crippen LogP contribution in [0.25, 0.3) is 212 Å². The topological polar surface area (TPSA) is 65.5 Å². The summed E-state index contributed by atoms with van der Waals surface area (Å²) in [5.41, 5.74) is 21.2. The molecular weight excluding hydrogens is 1880 g/mol. The highest BCUT2D eigenvalue weighted by molar-refractivity contribution is 7.27. The predicted octanol–water partition coefficient (Wildman–Crippen LogP) is 42.3. The summed E-state index contributed by atoms with van der Waals surface area (Å²) >= 11 is 7.30. The van der Waals surface area contributed by atoms with E-state index in [0.717, 1.165) is 151 Å². The van der Waals surface area contributed by atoms with Crippen LogP contribution in [-0.4, -0.2) is 0 Å². The van der Waals surface area contributed by atoms with E-state index in [-0.39, 0.29) is 0 Å². The molecule has 0 saturated heterocycles. The lowest BCUT2D eigenvalue weighted by Gasteiger charge is -2.27. The van der Waals surface area contributed by atoms with Crippen LogP contribution in [0.1, 0.15) is 0 Å². The highest BCUT2D eigenvalue weighted by Crippen LogP contribution is 2.56. The lowest BCUT2D eigenvalue weighted by atomic mass is 10.0. The fraction of sp³-hybridized carbons (Fsp3) is 0. The fourth-order valence-corrected chi connectivity index (χ4v) is 26.9. The highest BCUT2D eigenvalue weighted by atomic mass is 32.1. The van der Waals surface area contributed by atoms with E-state index < -0.39 is 0 Å². The molecule has 0 amide bonds. The van der Waals surface area contributed by atoms with Gasteiger partial charge in [0.15, 0.2) is 0 Å². The van der Waals surface area contributed by atoms with Crippen molar-refractivity contribution in [1.82, 2.24) is 0 Å². The van der Waals surface area contributed by atoms with Crippen LogP contribution in [0.5, 0.6) is 0 Å². The molecule has 0 aliphatic rings. The molecule has 0 radical (unpaired) electrons. The van der Waals surface area contributed by atoms with Crippen molar-refractivity contribution in [3.8, 4) is 0 Å². The average molecular weight is 1970 g/mol. The van der Waals surface area contributed by atoms with Gasteiger partial charge in [-0.05, 0) is 250 Å². The van der Waals surface area contributed by atoms with E-state index in [9.17, 15) is 0 Å². The van der Waals surface area contributed by atoms with Gasteiger partial charge in [-0.3, -0.25) is 0 Å². The largest absolute Gasteiger partial charge is 0.455 e. The van der Waals surface area contributed by atoms with E-state index >= 15 is 0 Å². The summed E-state index contributed by atoms with van der Waals surface area (Å²) in [6.07, 6.45) is 0. The lowest BCUT2D eigenvalue weighted by molar-refractivity contribution is 0.672. The second-order valence-corrected chi connectivity index (χ2v) is 41.7. The number of benzene rings is 24. The Hall–Kier alpha value is -18.4. The van der Waals surface area contributed by atoms with Gasteiger partial charge < -0.3 is 37.3 Å². The molecule has 0 atom stereocenters. The molecule has 148 heavy (non-hydrogen) atoms. The Balaban J connectivity index is 0.0000000933. The summed E-state index contributed by atoms with van der Waals surface area (Å²) < 4.78 is 36.1. The van der Waals surface area contributed by atoms with Crippen LogP contribution in [0.15, 0.2) is 527 Å². The smallest absolute Gasteiger partial charge is 0.144 e. The van der Waals surface area contributed by atoms with E-state index in [1.54, 1.807) is 0 Å². The number of anilines is 12. The van der Waals surface area contributed by atoms with Gasteiger partial charge >= 0.3 is 0 Å². The second kappa shape index (κ2) is 35.9. The van der Waals surface area contributed by atoms with Crippen LogP contribution < -0.4 is 19.6 Å². The number of furan rings is 4. The maximum Gasteiger partial charge on any atom is 0.144 e. The van der Waals surface area contributed by atoms with Crippen LogP contribution in [0, 0.1) is 0 Å². The fourth-order valence-electron chi connectivity index (χ4n) is 22.4. The highest BCUT2D eigenvalue weighted by Gasteiger charge is 2.29. The molecule has 0 saturated carbocycles. The van der Waals surface area contributed by atoms with E-state index in [1.165, 1.54) is 129 Å². The van der Waals surface area contributed by atoms with Crippen LogP contribution in [0.3, 0.4) is 0 Å². The molecule has 0 spiro atoms. The molecule has 0 aliphatic carbocycles. The molecule has 0 aliphatic heterocycles. The standard InChI is InChI=1S/C38H23NOS.2C34H21NOS.C30H19NOS/c1-2-10-26(11-3-1)39(27-20-19-25-18-17-24-9-4-5-12-28(24)31(25)23-27)32-14-8-16-34-36(32)37-35(41-34)22-21-30-29-13-6-7-15-33(29)40-38(30)37;1-2-12-23(13-3-1)35(27-16-8-11-22-10-4-5-14-24(22)27)28-17-9-19-30-32(28)33-31(37-30)21-20-26-25-15-6-7-18-29(25)36-34(26)33;1-2-11-24(12-3-1)35(25-18-17-22-9-4-5-10-23(22)21-25)28-14-8-16-30-32(28)33-31(37-30)20-19-27-26-13-6-7-15-29(26)36-34(27)33;1-3-10-20(11-4-1)31(21-12-5-2-6-13-21)24-15-9-17-26-28(24)29-27(33-26)19-18-23-22-14-7-8-16-25(22)32-30(23)29/h1-23H;2*1-21H;1-19H. The quantitative estimate of drug-likeness (QED) is 0.112. The zero-order chi connectivity index (χ0) is 97.4. The van der Waals surface area contributed by atoms with Gasteiger partial charge in [0.25, 0.3) is 0 Å². The Morgan fingerprint density at radius 1 is 0.128 bits per heavy atom. The number of fused-ring (bicyclic) bond motifs is 33. The van der Waals surface area contributed by atoms with Gasteiger partial charge in [0.05, 0.1) is 28.4 Å². The molecule has 32 rings (SSSR count). The Morgan fingerprint density at radius 2 is 0.372 bits per heavy atom. The van der Waals surface area contributed by atoms with Crippen molar-refractivity contribution >= 4 is 325 Å². The van der Waals surface area contributed by atoms with Crippen molar-refractivity contribution in [2.24, 2.45) is 0 Å². The van der Waals surface area contributed by atoms with Gasteiger partial charge in [0, 0.05) is 169 Å². The van der Waals surface area contributed by atoms with E-state index in [0.29, 0.717) is 0 Å². The van der Waals surface area contributed by atoms with E-state index in [1.807, 2.05) is 69.6 Å². The van der Waals surface area contributed by atoms with Crippen molar-refractivity contribution in [1.29, 1.82) is 0 Å². The summed E-state index contributed by atoms with van der Waals surface area (Å²) in [5, 5.41) is 28.8. The SMILES string of the molecule is c1ccc(N(c2ccc3ccc4ccccc4c3c2)c2cccc3sc4ccc5c6ccccc6oc5c4c23)cc1.c1ccc(N(c2ccc3ccccc3c2)c2cccc3sc4ccc5c6ccccc6oc5c4c23)cc1.c1ccc(N(c2cccc3ccccc23)c2cccc3sc4ccc5c6ccccc6oc5c4c23)cc1.c1ccc(N(c2ccccc2)c2cccc3sc4ccc5c6ccccc6oc5c4c23)cc1. The molecule has 32 aromatic rings. The first-order valence-corrected chi connectivity index (χ1v) is 53.1. The number of rotatable bonds is 12. The molecule has 8 aromatic heterocycles. The number of hydrogen-bond acceptors (Lipinski definition) is 12. The van der Waals surface area contributed by atoms with E-state index in [4.69, 9.17) is 17.7 Å². The Morgan fingerprint density at radius 3 is 0.743 bits per heavy atom. The first-order chi connectivity index (χ1) is 73.4. The molecule has 8 heterocycles. The van der Waals surface area contributed by atoms with Crippen LogP contribution in [-0.2, 0) is 0 Å². The summed E-state index contributed by atoms with van der Waals surface area (Å²) in [6.45, 7) is 0. The van der Waals surface area contributed by atoms with Crippen LogP contribution in [0.2, 0.25) is 0 Å². The number of para-hydroxylation sites is 9. The minimum Gasteiger partial charge on any atom is -0.455 e. The lowest BCUT2D eigenvalue weighted by Crippen LogP contribution is -2.10. The molecule has 12 heteroatoms. The van der Waals surface area contributed by atoms with Crippen LogP contribution >= 0.6 is 45.3 Å². The summed E-state index contributed by atoms with van der Waals surface area (Å²) in [4.78, 5) is 9.52. The summed E-state index contributed by atoms with van der Waals surface area (Å²) in [5.74, 6) is 0. The normalized spacial score (nSPS) is 11.8. The van der Waals surface area contributed by atoms with Crippen molar-refractivity contribution in [3.63, 3.8) is 0 Å². The molecule has 0 bridgehead atoms. The molecule has 24 aromatic carbocycles. The maximum absolute atomic E-state index is 6.57. The van der Waals surface area contributed by atoms with Crippen molar-refractivity contribution in [2.75, 3.05) is 19.6 Å². The molecule has 0 fully saturated rings. The molecule has 696 valence electrons.